The minimum Gasteiger partial charge on any atom is -0.493 e. The lowest BCUT2D eigenvalue weighted by Crippen LogP contribution is -2.40. The summed E-state index contributed by atoms with van der Waals surface area (Å²) in [5, 5.41) is 2.05. The summed E-state index contributed by atoms with van der Waals surface area (Å²) in [6.07, 6.45) is 2.01. The lowest BCUT2D eigenvalue weighted by atomic mass is 9.90. The third kappa shape index (κ3) is 3.98. The molecule has 7 heteroatoms. The summed E-state index contributed by atoms with van der Waals surface area (Å²) >= 11 is 1.67. The quantitative estimate of drug-likeness (QED) is 0.812. The second-order valence-corrected chi connectivity index (χ2v) is 7.03. The topological polar surface area (TPSA) is 64.8 Å². The Morgan fingerprint density at radius 1 is 1.31 bits per heavy atom. The zero-order chi connectivity index (χ0) is 17.8. The zero-order valence-electron chi connectivity index (χ0n) is 15.1. The molecular weight excluding hydrogens is 372 g/mol. The summed E-state index contributed by atoms with van der Waals surface area (Å²) in [4.78, 5) is 15.9. The first-order valence-electron chi connectivity index (χ1n) is 8.47. The molecule has 1 unspecified atom stereocenters. The van der Waals surface area contributed by atoms with Crippen LogP contribution in [0.1, 0.15) is 34.9 Å². The monoisotopic (exact) mass is 396 g/mol. The first-order chi connectivity index (χ1) is 12.2. The van der Waals surface area contributed by atoms with Crippen LogP contribution < -0.4 is 15.2 Å². The number of thiophene rings is 1. The lowest BCUT2D eigenvalue weighted by Gasteiger charge is -2.37. The van der Waals surface area contributed by atoms with Crippen LogP contribution in [0.3, 0.4) is 0 Å². The largest absolute Gasteiger partial charge is 0.493 e. The fraction of sp³-hybridized carbons (Fsp3) is 0.421. The molecule has 26 heavy (non-hydrogen) atoms. The van der Waals surface area contributed by atoms with Gasteiger partial charge in [-0.15, -0.1) is 23.7 Å². The Hall–Kier alpha value is -1.76. The van der Waals surface area contributed by atoms with E-state index < -0.39 is 0 Å². The van der Waals surface area contributed by atoms with Crippen molar-refractivity contribution in [3.05, 3.63) is 45.6 Å². The van der Waals surface area contributed by atoms with Gasteiger partial charge in [0, 0.05) is 17.8 Å². The Labute approximate surface area is 164 Å². The second-order valence-electron chi connectivity index (χ2n) is 6.05. The summed E-state index contributed by atoms with van der Waals surface area (Å²) in [6.45, 7) is 1.24. The SMILES string of the molecule is COc1cc2c(cc1OC)C(c1cccs1)N(C(=O)CCCN)CC2.Cl. The Balaban J connectivity index is 0.00000243. The molecule has 0 radical (unpaired) electrons. The van der Waals surface area contributed by atoms with E-state index in [9.17, 15) is 4.79 Å². The van der Waals surface area contributed by atoms with Crippen LogP contribution >= 0.6 is 23.7 Å². The molecule has 2 aromatic rings. The van der Waals surface area contributed by atoms with Crippen molar-refractivity contribution in [3.8, 4) is 11.5 Å². The average molecular weight is 397 g/mol. The Morgan fingerprint density at radius 3 is 2.65 bits per heavy atom. The maximum Gasteiger partial charge on any atom is 0.223 e. The summed E-state index contributed by atoms with van der Waals surface area (Å²) in [5.74, 6) is 1.58. The Kier molecular flexibility index (Phi) is 7.32. The number of hydrogen-bond donors (Lipinski definition) is 1. The van der Waals surface area contributed by atoms with E-state index in [2.05, 4.69) is 6.07 Å². The van der Waals surface area contributed by atoms with Crippen molar-refractivity contribution >= 4 is 29.7 Å². The van der Waals surface area contributed by atoms with Crippen molar-refractivity contribution in [3.63, 3.8) is 0 Å². The van der Waals surface area contributed by atoms with E-state index in [-0.39, 0.29) is 24.4 Å². The van der Waals surface area contributed by atoms with E-state index in [0.717, 1.165) is 22.6 Å². The second kappa shape index (κ2) is 9.26. The number of carbonyl (C=O) groups is 1. The van der Waals surface area contributed by atoms with E-state index >= 15 is 0 Å². The number of ether oxygens (including phenoxy) is 2. The van der Waals surface area contributed by atoms with Gasteiger partial charge in [-0.3, -0.25) is 4.79 Å². The van der Waals surface area contributed by atoms with Crippen LogP contribution in [0.15, 0.2) is 29.6 Å². The minimum absolute atomic E-state index is 0. The van der Waals surface area contributed by atoms with Gasteiger partial charge in [0.05, 0.1) is 20.3 Å². The molecule has 1 amide bonds. The highest BCUT2D eigenvalue weighted by Crippen LogP contribution is 2.42. The molecule has 1 atom stereocenters. The van der Waals surface area contributed by atoms with Gasteiger partial charge in [-0.1, -0.05) is 6.07 Å². The van der Waals surface area contributed by atoms with Crippen LogP contribution in [0.2, 0.25) is 0 Å². The first kappa shape index (κ1) is 20.6. The van der Waals surface area contributed by atoms with Crippen molar-refractivity contribution in [2.75, 3.05) is 27.3 Å². The van der Waals surface area contributed by atoms with Gasteiger partial charge in [0.1, 0.15) is 0 Å². The van der Waals surface area contributed by atoms with Crippen LogP contribution in [-0.2, 0) is 11.2 Å². The summed E-state index contributed by atoms with van der Waals surface area (Å²) in [5.41, 5.74) is 7.91. The number of carbonyl (C=O) groups excluding carboxylic acids is 1. The molecule has 0 saturated carbocycles. The predicted octanol–water partition coefficient (Wildman–Crippen LogP) is 3.40. The van der Waals surface area contributed by atoms with Crippen molar-refractivity contribution in [2.24, 2.45) is 5.73 Å². The number of hydrogen-bond acceptors (Lipinski definition) is 5. The zero-order valence-corrected chi connectivity index (χ0v) is 16.7. The molecule has 0 fully saturated rings. The van der Waals surface area contributed by atoms with Crippen LogP contribution in [-0.4, -0.2) is 38.1 Å². The number of halogens is 1. The summed E-state index contributed by atoms with van der Waals surface area (Å²) in [7, 11) is 3.28. The fourth-order valence-electron chi connectivity index (χ4n) is 3.37. The van der Waals surface area contributed by atoms with Crippen molar-refractivity contribution in [1.82, 2.24) is 4.90 Å². The van der Waals surface area contributed by atoms with Crippen LogP contribution in [0.5, 0.6) is 11.5 Å². The Morgan fingerprint density at radius 2 is 2.04 bits per heavy atom. The number of benzene rings is 1. The van der Waals surface area contributed by atoms with Crippen molar-refractivity contribution in [1.29, 1.82) is 0 Å². The fourth-order valence-corrected chi connectivity index (χ4v) is 4.22. The normalized spacial score (nSPS) is 15.8. The maximum absolute atomic E-state index is 12.8. The predicted molar refractivity (Wildman–Crippen MR) is 107 cm³/mol. The third-order valence-corrected chi connectivity index (χ3v) is 5.53. The maximum atomic E-state index is 12.8. The minimum atomic E-state index is -0.0752. The number of fused-ring (bicyclic) bond motifs is 1. The van der Waals surface area contributed by atoms with E-state index in [1.165, 1.54) is 5.56 Å². The van der Waals surface area contributed by atoms with E-state index in [1.807, 2.05) is 28.5 Å². The van der Waals surface area contributed by atoms with Crippen molar-refractivity contribution < 1.29 is 14.3 Å². The third-order valence-electron chi connectivity index (χ3n) is 4.60. The van der Waals surface area contributed by atoms with Crippen molar-refractivity contribution in [2.45, 2.75) is 25.3 Å². The molecule has 1 aromatic heterocycles. The molecule has 5 nitrogen and oxygen atoms in total. The molecule has 1 aliphatic heterocycles. The number of methoxy groups -OCH3 is 2. The van der Waals surface area contributed by atoms with Gasteiger partial charge < -0.3 is 20.1 Å². The molecule has 142 valence electrons. The van der Waals surface area contributed by atoms with Gasteiger partial charge in [0.25, 0.3) is 0 Å². The van der Waals surface area contributed by atoms with Gasteiger partial charge in [-0.05, 0) is 54.1 Å². The number of nitrogens with zero attached hydrogens (tertiary/aromatic N) is 1. The number of amides is 1. The van der Waals surface area contributed by atoms with Crippen LogP contribution in [0.25, 0.3) is 0 Å². The molecule has 2 heterocycles. The lowest BCUT2D eigenvalue weighted by molar-refractivity contribution is -0.133. The molecule has 0 saturated heterocycles. The van der Waals surface area contributed by atoms with Gasteiger partial charge in [0.2, 0.25) is 5.91 Å². The molecular formula is C19H25ClN2O3S. The number of rotatable bonds is 6. The Bertz CT molecular complexity index is 737. The van der Waals surface area contributed by atoms with Crippen LogP contribution in [0.4, 0.5) is 0 Å². The van der Waals surface area contributed by atoms with E-state index in [1.54, 1.807) is 25.6 Å². The summed E-state index contributed by atoms with van der Waals surface area (Å²) < 4.78 is 10.9. The van der Waals surface area contributed by atoms with Gasteiger partial charge >= 0.3 is 0 Å². The molecule has 0 spiro atoms. The highest BCUT2D eigenvalue weighted by Gasteiger charge is 2.33. The van der Waals surface area contributed by atoms with E-state index in [4.69, 9.17) is 15.2 Å². The highest BCUT2D eigenvalue weighted by atomic mass is 35.5. The molecule has 1 aliphatic rings. The van der Waals surface area contributed by atoms with Gasteiger partial charge in [-0.25, -0.2) is 0 Å². The molecule has 2 N–H and O–H groups in total. The standard InChI is InChI=1S/C19H24N2O3S.ClH/c1-23-15-11-13-7-9-21(18(22)6-3-8-20)19(17-5-4-10-25-17)14(13)12-16(15)24-2;/h4-5,10-12,19H,3,6-9,20H2,1-2H3;1H. The molecule has 3 rings (SSSR count). The smallest absolute Gasteiger partial charge is 0.223 e. The summed E-state index contributed by atoms with van der Waals surface area (Å²) in [6, 6.07) is 8.09. The first-order valence-corrected chi connectivity index (χ1v) is 9.35. The number of nitrogens with two attached hydrogens (primary N) is 1. The molecule has 1 aromatic carbocycles. The highest BCUT2D eigenvalue weighted by molar-refractivity contribution is 7.10. The van der Waals surface area contributed by atoms with E-state index in [0.29, 0.717) is 31.7 Å². The molecule has 0 aliphatic carbocycles. The van der Waals surface area contributed by atoms with Gasteiger partial charge in [0.15, 0.2) is 11.5 Å². The molecule has 0 bridgehead atoms. The average Bonchev–Trinajstić information content (AvgIpc) is 3.18. The van der Waals surface area contributed by atoms with Gasteiger partial charge in [-0.2, -0.15) is 0 Å². The van der Waals surface area contributed by atoms with Crippen LogP contribution in [0, 0.1) is 0 Å².